The lowest BCUT2D eigenvalue weighted by Crippen LogP contribution is -2.44. The molecule has 0 radical (unpaired) electrons. The second-order valence-corrected chi connectivity index (χ2v) is 6.28. The van der Waals surface area contributed by atoms with Gasteiger partial charge in [-0.15, -0.1) is 0 Å². The summed E-state index contributed by atoms with van der Waals surface area (Å²) in [7, 11) is 1.34. The number of benzene rings is 1. The van der Waals surface area contributed by atoms with Crippen LogP contribution in [0.1, 0.15) is 54.9 Å². The van der Waals surface area contributed by atoms with Crippen LogP contribution in [0.5, 0.6) is 0 Å². The number of methoxy groups -OCH3 is 1. The second-order valence-electron chi connectivity index (χ2n) is 6.28. The Kier molecular flexibility index (Phi) is 3.92. The van der Waals surface area contributed by atoms with Gasteiger partial charge < -0.3 is 4.74 Å². The Hall–Kier alpha value is -2.23. The van der Waals surface area contributed by atoms with Gasteiger partial charge in [-0.1, -0.05) is 12.1 Å². The summed E-state index contributed by atoms with van der Waals surface area (Å²) < 4.78 is 4.79. The zero-order valence-corrected chi connectivity index (χ0v) is 13.5. The highest BCUT2D eigenvalue weighted by Crippen LogP contribution is 2.48. The van der Waals surface area contributed by atoms with Crippen molar-refractivity contribution in [1.82, 2.24) is 0 Å². The molecule has 120 valence electrons. The Morgan fingerprint density at radius 3 is 2.70 bits per heavy atom. The highest BCUT2D eigenvalue weighted by molar-refractivity contribution is 6.04. The van der Waals surface area contributed by atoms with E-state index in [1.165, 1.54) is 7.11 Å². The van der Waals surface area contributed by atoms with Gasteiger partial charge in [0.05, 0.1) is 18.1 Å². The Bertz CT molecular complexity index is 729. The molecular weight excluding hydrogens is 292 g/mol. The number of carbonyl (C=O) groups is 3. The zero-order chi connectivity index (χ0) is 16.6. The molecule has 2 aliphatic carbocycles. The molecule has 4 nitrogen and oxygen atoms in total. The fourth-order valence-corrected chi connectivity index (χ4v) is 3.98. The molecule has 0 saturated heterocycles. The third-order valence-electron chi connectivity index (χ3n) is 5.20. The van der Waals surface area contributed by atoms with E-state index in [-0.39, 0.29) is 11.6 Å². The van der Waals surface area contributed by atoms with Gasteiger partial charge in [-0.25, -0.2) is 4.79 Å². The first-order chi connectivity index (χ1) is 11.0. The summed E-state index contributed by atoms with van der Waals surface area (Å²) in [5.41, 5.74) is 2.19. The van der Waals surface area contributed by atoms with E-state index in [2.05, 4.69) is 0 Å². The van der Waals surface area contributed by atoms with Gasteiger partial charge in [-0.2, -0.15) is 0 Å². The molecule has 1 saturated carbocycles. The molecule has 0 heterocycles. The number of hydrogen-bond donors (Lipinski definition) is 0. The molecule has 2 aliphatic rings. The van der Waals surface area contributed by atoms with Crippen LogP contribution in [0.4, 0.5) is 0 Å². The zero-order valence-electron chi connectivity index (χ0n) is 13.5. The molecular formula is C19H20O4. The largest absolute Gasteiger partial charge is 0.465 e. The first-order valence-electron chi connectivity index (χ1n) is 7.96. The molecule has 0 spiro atoms. The monoisotopic (exact) mass is 312 g/mol. The van der Waals surface area contributed by atoms with Gasteiger partial charge in [-0.3, -0.25) is 9.59 Å². The number of ether oxygens (including phenoxy) is 1. The topological polar surface area (TPSA) is 60.4 Å². The number of hydrogen-bond acceptors (Lipinski definition) is 4. The van der Waals surface area contributed by atoms with Crippen LogP contribution in [0.15, 0.2) is 35.4 Å². The normalized spacial score (nSPS) is 24.4. The number of carbonyl (C=O) groups excluding carboxylic acids is 3. The van der Waals surface area contributed by atoms with Gasteiger partial charge in [0.1, 0.15) is 5.78 Å². The predicted molar refractivity (Wildman–Crippen MR) is 85.3 cm³/mol. The van der Waals surface area contributed by atoms with Crippen LogP contribution in [0.25, 0.3) is 0 Å². The molecule has 0 bridgehead atoms. The second kappa shape index (κ2) is 5.76. The molecule has 3 rings (SSSR count). The molecule has 1 aromatic rings. The molecule has 0 amide bonds. The van der Waals surface area contributed by atoms with E-state index in [9.17, 15) is 14.4 Å². The van der Waals surface area contributed by atoms with Crippen LogP contribution in [-0.4, -0.2) is 24.6 Å². The van der Waals surface area contributed by atoms with Gasteiger partial charge in [0.15, 0.2) is 5.78 Å². The van der Waals surface area contributed by atoms with E-state index < -0.39 is 11.4 Å². The van der Waals surface area contributed by atoms with Crippen LogP contribution >= 0.6 is 0 Å². The number of ketones is 2. The molecule has 1 atom stereocenters. The van der Waals surface area contributed by atoms with Crippen molar-refractivity contribution in [2.24, 2.45) is 0 Å². The van der Waals surface area contributed by atoms with Crippen LogP contribution in [0.3, 0.4) is 0 Å². The minimum atomic E-state index is -0.736. The van der Waals surface area contributed by atoms with E-state index in [4.69, 9.17) is 4.74 Å². The fourth-order valence-electron chi connectivity index (χ4n) is 3.98. The number of esters is 1. The Balaban J connectivity index is 2.20. The molecule has 1 fully saturated rings. The highest BCUT2D eigenvalue weighted by Gasteiger charge is 2.48. The Labute approximate surface area is 135 Å². The summed E-state index contributed by atoms with van der Waals surface area (Å²) in [5, 5.41) is 0. The Morgan fingerprint density at radius 2 is 1.96 bits per heavy atom. The van der Waals surface area contributed by atoms with Crippen molar-refractivity contribution in [3.8, 4) is 0 Å². The lowest BCUT2D eigenvalue weighted by Gasteiger charge is -2.42. The summed E-state index contributed by atoms with van der Waals surface area (Å²) in [5.74, 6) is -0.122. The van der Waals surface area contributed by atoms with Crippen molar-refractivity contribution < 1.29 is 19.1 Å². The summed E-state index contributed by atoms with van der Waals surface area (Å²) in [6, 6.07) is 7.10. The SMILES string of the molecule is COC(=O)c1cccc(C23CCC(=O)C(C)=C2CCCC3=O)c1. The smallest absolute Gasteiger partial charge is 0.337 e. The summed E-state index contributed by atoms with van der Waals surface area (Å²) in [4.78, 5) is 36.8. The molecule has 0 aliphatic heterocycles. The number of fused-ring (bicyclic) bond motifs is 1. The van der Waals surface area contributed by atoms with Gasteiger partial charge >= 0.3 is 5.97 Å². The van der Waals surface area contributed by atoms with Crippen molar-refractivity contribution in [2.45, 2.75) is 44.4 Å². The number of rotatable bonds is 2. The van der Waals surface area contributed by atoms with Gasteiger partial charge in [-0.05, 0) is 55.0 Å². The molecule has 1 unspecified atom stereocenters. The minimum absolute atomic E-state index is 0.134. The van der Waals surface area contributed by atoms with Crippen molar-refractivity contribution >= 4 is 17.5 Å². The van der Waals surface area contributed by atoms with Crippen LogP contribution in [-0.2, 0) is 19.7 Å². The number of Topliss-reactive ketones (excluding diaryl/α,β-unsaturated/α-hetero) is 2. The maximum atomic E-state index is 12.9. The van der Waals surface area contributed by atoms with Gasteiger partial charge in [0, 0.05) is 12.8 Å². The van der Waals surface area contributed by atoms with E-state index in [1.807, 2.05) is 13.0 Å². The molecule has 0 aromatic heterocycles. The van der Waals surface area contributed by atoms with E-state index in [0.29, 0.717) is 24.8 Å². The standard InChI is InChI=1S/C19H20O4/c1-12-15-7-4-8-17(21)19(15,10-9-16(12)20)14-6-3-5-13(11-14)18(22)23-2/h3,5-6,11H,4,7-10H2,1-2H3. The quantitative estimate of drug-likeness (QED) is 0.787. The summed E-state index contributed by atoms with van der Waals surface area (Å²) >= 11 is 0. The minimum Gasteiger partial charge on any atom is -0.465 e. The fraction of sp³-hybridized carbons (Fsp3) is 0.421. The lowest BCUT2D eigenvalue weighted by atomic mass is 9.59. The maximum Gasteiger partial charge on any atom is 0.337 e. The predicted octanol–water partition coefficient (Wildman–Crippen LogP) is 3.14. The average molecular weight is 312 g/mol. The Morgan fingerprint density at radius 1 is 1.17 bits per heavy atom. The summed E-state index contributed by atoms with van der Waals surface area (Å²) in [6.07, 6.45) is 2.96. The van der Waals surface area contributed by atoms with Crippen LogP contribution in [0.2, 0.25) is 0 Å². The third kappa shape index (κ3) is 2.33. The van der Waals surface area contributed by atoms with Crippen molar-refractivity contribution in [3.63, 3.8) is 0 Å². The van der Waals surface area contributed by atoms with E-state index >= 15 is 0 Å². The first kappa shape index (κ1) is 15.7. The molecule has 23 heavy (non-hydrogen) atoms. The van der Waals surface area contributed by atoms with Crippen molar-refractivity contribution in [1.29, 1.82) is 0 Å². The van der Waals surface area contributed by atoms with Gasteiger partial charge in [0.25, 0.3) is 0 Å². The highest BCUT2D eigenvalue weighted by atomic mass is 16.5. The van der Waals surface area contributed by atoms with Crippen LogP contribution < -0.4 is 0 Å². The van der Waals surface area contributed by atoms with Crippen LogP contribution in [0, 0.1) is 0 Å². The first-order valence-corrected chi connectivity index (χ1v) is 7.96. The van der Waals surface area contributed by atoms with E-state index in [1.54, 1.807) is 18.2 Å². The lowest BCUT2D eigenvalue weighted by molar-refractivity contribution is -0.126. The molecule has 1 aromatic carbocycles. The molecule has 0 N–H and O–H groups in total. The van der Waals surface area contributed by atoms with Crippen molar-refractivity contribution in [3.05, 3.63) is 46.5 Å². The van der Waals surface area contributed by atoms with E-state index in [0.717, 1.165) is 29.6 Å². The van der Waals surface area contributed by atoms with Crippen molar-refractivity contribution in [2.75, 3.05) is 7.11 Å². The third-order valence-corrected chi connectivity index (χ3v) is 5.20. The average Bonchev–Trinajstić information content (AvgIpc) is 2.58. The van der Waals surface area contributed by atoms with Gasteiger partial charge in [0.2, 0.25) is 0 Å². The number of allylic oxidation sites excluding steroid dienone is 2. The molecule has 4 heteroatoms. The maximum absolute atomic E-state index is 12.9. The summed E-state index contributed by atoms with van der Waals surface area (Å²) in [6.45, 7) is 1.83.